The minimum absolute atomic E-state index is 0.220. The van der Waals surface area contributed by atoms with E-state index in [4.69, 9.17) is 16.6 Å². The van der Waals surface area contributed by atoms with Gasteiger partial charge in [0.1, 0.15) is 5.54 Å². The van der Waals surface area contributed by atoms with Gasteiger partial charge in [-0.1, -0.05) is 0 Å². The third-order valence-corrected chi connectivity index (χ3v) is 2.27. The molecule has 0 aliphatic carbocycles. The second-order valence-electron chi connectivity index (χ2n) is 3.69. The Bertz CT molecular complexity index is 245. The molecule has 0 heterocycles. The highest BCUT2D eigenvalue weighted by molar-refractivity contribution is 5.85. The smallest absolute Gasteiger partial charge is 0.324 e. The summed E-state index contributed by atoms with van der Waals surface area (Å²) in [7, 11) is 0. The molecule has 0 aliphatic rings. The van der Waals surface area contributed by atoms with E-state index >= 15 is 0 Å². The lowest BCUT2D eigenvalue weighted by Crippen LogP contribution is -2.49. The average Bonchev–Trinajstić information content (AvgIpc) is 2.18. The van der Waals surface area contributed by atoms with Gasteiger partial charge in [0.05, 0.1) is 13.0 Å². The number of hydrogen-bond acceptors (Lipinski definition) is 5. The first-order valence-corrected chi connectivity index (χ1v) is 5.34. The van der Waals surface area contributed by atoms with E-state index in [0.717, 1.165) is 0 Å². The number of unbranched alkanes of at least 4 members (excludes halogenated alkanes) is 1. The van der Waals surface area contributed by atoms with Crippen LogP contribution in [0.15, 0.2) is 0 Å². The fourth-order valence-electron chi connectivity index (χ4n) is 1.33. The molecule has 0 aromatic carbocycles. The van der Waals surface area contributed by atoms with Crippen molar-refractivity contribution in [3.63, 3.8) is 0 Å². The van der Waals surface area contributed by atoms with Crippen molar-refractivity contribution in [2.45, 2.75) is 38.1 Å². The Labute approximate surface area is 94.9 Å². The lowest BCUT2D eigenvalue weighted by Gasteiger charge is -2.23. The van der Waals surface area contributed by atoms with Gasteiger partial charge >= 0.3 is 11.9 Å². The van der Waals surface area contributed by atoms with Crippen molar-refractivity contribution in [2.24, 2.45) is 11.5 Å². The number of ether oxygens (including phenoxy) is 1. The van der Waals surface area contributed by atoms with E-state index in [1.165, 1.54) is 0 Å². The van der Waals surface area contributed by atoms with E-state index < -0.39 is 17.5 Å². The predicted octanol–water partition coefficient (Wildman–Crippen LogP) is -0.149. The van der Waals surface area contributed by atoms with E-state index in [0.29, 0.717) is 19.4 Å². The van der Waals surface area contributed by atoms with Crippen molar-refractivity contribution in [2.75, 3.05) is 13.2 Å². The first-order valence-electron chi connectivity index (χ1n) is 5.34. The highest BCUT2D eigenvalue weighted by atomic mass is 16.5. The van der Waals surface area contributed by atoms with E-state index in [1.54, 1.807) is 6.92 Å². The maximum Gasteiger partial charge on any atom is 0.324 e. The SMILES string of the molecule is CCOC(=O)C[C@](N)(CCCCN)C(=O)O. The van der Waals surface area contributed by atoms with Crippen LogP contribution in [0.3, 0.4) is 0 Å². The molecule has 94 valence electrons. The number of carboxylic acid groups (broad SMARTS) is 1. The summed E-state index contributed by atoms with van der Waals surface area (Å²) in [6.07, 6.45) is 1.19. The summed E-state index contributed by atoms with van der Waals surface area (Å²) in [6.45, 7) is 2.36. The molecule has 0 saturated heterocycles. The van der Waals surface area contributed by atoms with Crippen molar-refractivity contribution < 1.29 is 19.4 Å². The Morgan fingerprint density at radius 3 is 2.44 bits per heavy atom. The van der Waals surface area contributed by atoms with Crippen LogP contribution in [0.25, 0.3) is 0 Å². The number of carbonyl (C=O) groups is 2. The van der Waals surface area contributed by atoms with Crippen LogP contribution in [0.4, 0.5) is 0 Å². The van der Waals surface area contributed by atoms with Crippen molar-refractivity contribution in [3.8, 4) is 0 Å². The van der Waals surface area contributed by atoms with Crippen molar-refractivity contribution in [1.82, 2.24) is 0 Å². The summed E-state index contributed by atoms with van der Waals surface area (Å²) in [4.78, 5) is 22.2. The van der Waals surface area contributed by atoms with Gasteiger partial charge in [-0.05, 0) is 32.7 Å². The fraction of sp³-hybridized carbons (Fsp3) is 0.800. The van der Waals surface area contributed by atoms with Gasteiger partial charge in [0.25, 0.3) is 0 Å². The summed E-state index contributed by atoms with van der Waals surface area (Å²) >= 11 is 0. The summed E-state index contributed by atoms with van der Waals surface area (Å²) in [5, 5.41) is 8.98. The molecule has 0 radical (unpaired) electrons. The molecule has 0 aliphatic heterocycles. The number of nitrogens with two attached hydrogens (primary N) is 2. The molecule has 0 amide bonds. The van der Waals surface area contributed by atoms with Gasteiger partial charge in [-0.15, -0.1) is 0 Å². The van der Waals surface area contributed by atoms with Gasteiger partial charge < -0.3 is 21.3 Å². The lowest BCUT2D eigenvalue weighted by atomic mass is 9.90. The molecular formula is C10H20N2O4. The van der Waals surface area contributed by atoms with Crippen LogP contribution >= 0.6 is 0 Å². The average molecular weight is 232 g/mol. The van der Waals surface area contributed by atoms with Gasteiger partial charge in [-0.25, -0.2) is 0 Å². The summed E-state index contributed by atoms with van der Waals surface area (Å²) in [6, 6.07) is 0. The van der Waals surface area contributed by atoms with E-state index in [2.05, 4.69) is 4.74 Å². The molecule has 6 nitrogen and oxygen atoms in total. The highest BCUT2D eigenvalue weighted by Crippen LogP contribution is 2.17. The Hall–Kier alpha value is -1.14. The van der Waals surface area contributed by atoms with Gasteiger partial charge in [-0.2, -0.15) is 0 Å². The van der Waals surface area contributed by atoms with Crippen LogP contribution in [0.1, 0.15) is 32.6 Å². The molecule has 5 N–H and O–H groups in total. The standard InChI is InChI=1S/C10H20N2O4/c1-2-16-8(13)7-10(12,9(14)15)5-3-4-6-11/h2-7,11-12H2,1H3,(H,14,15)/t10-/m1/s1. The largest absolute Gasteiger partial charge is 0.480 e. The predicted molar refractivity (Wildman–Crippen MR) is 58.7 cm³/mol. The Kier molecular flexibility index (Phi) is 6.67. The minimum atomic E-state index is -1.54. The molecule has 0 aromatic heterocycles. The number of hydrogen-bond donors (Lipinski definition) is 3. The molecule has 1 atom stereocenters. The molecule has 0 bridgehead atoms. The maximum absolute atomic E-state index is 11.2. The van der Waals surface area contributed by atoms with Crippen LogP contribution < -0.4 is 11.5 Å². The Morgan fingerprint density at radius 2 is 2.00 bits per heavy atom. The van der Waals surface area contributed by atoms with Crippen molar-refractivity contribution >= 4 is 11.9 Å². The van der Waals surface area contributed by atoms with Crippen LogP contribution in [0.5, 0.6) is 0 Å². The maximum atomic E-state index is 11.2. The third-order valence-electron chi connectivity index (χ3n) is 2.27. The molecule has 0 unspecified atom stereocenters. The normalized spacial score (nSPS) is 14.2. The van der Waals surface area contributed by atoms with Crippen molar-refractivity contribution in [3.05, 3.63) is 0 Å². The zero-order valence-electron chi connectivity index (χ0n) is 9.57. The van der Waals surface area contributed by atoms with Crippen LogP contribution in [-0.4, -0.2) is 35.7 Å². The molecule has 0 spiro atoms. The molecule has 0 aromatic rings. The Balaban J connectivity index is 4.32. The van der Waals surface area contributed by atoms with Crippen LogP contribution in [-0.2, 0) is 14.3 Å². The summed E-state index contributed by atoms with van der Waals surface area (Å²) in [5.41, 5.74) is 9.43. The Morgan fingerprint density at radius 1 is 1.38 bits per heavy atom. The number of aliphatic carboxylic acids is 1. The highest BCUT2D eigenvalue weighted by Gasteiger charge is 2.36. The summed E-state index contributed by atoms with van der Waals surface area (Å²) in [5.74, 6) is -1.77. The topological polar surface area (TPSA) is 116 Å². The van der Waals surface area contributed by atoms with E-state index in [-0.39, 0.29) is 19.4 Å². The summed E-state index contributed by atoms with van der Waals surface area (Å²) < 4.78 is 4.69. The minimum Gasteiger partial charge on any atom is -0.480 e. The lowest BCUT2D eigenvalue weighted by molar-refractivity contribution is -0.153. The van der Waals surface area contributed by atoms with E-state index in [1.807, 2.05) is 0 Å². The molecule has 0 rings (SSSR count). The third kappa shape index (κ3) is 5.09. The zero-order valence-corrected chi connectivity index (χ0v) is 9.57. The zero-order chi connectivity index (χ0) is 12.6. The molecular weight excluding hydrogens is 212 g/mol. The van der Waals surface area contributed by atoms with Gasteiger partial charge in [0, 0.05) is 0 Å². The second-order valence-corrected chi connectivity index (χ2v) is 3.69. The molecule has 0 fully saturated rings. The van der Waals surface area contributed by atoms with Crippen LogP contribution in [0.2, 0.25) is 0 Å². The monoisotopic (exact) mass is 232 g/mol. The van der Waals surface area contributed by atoms with Gasteiger partial charge in [0.2, 0.25) is 0 Å². The molecule has 16 heavy (non-hydrogen) atoms. The van der Waals surface area contributed by atoms with Gasteiger partial charge in [0.15, 0.2) is 0 Å². The first-order chi connectivity index (χ1) is 7.46. The number of esters is 1. The first kappa shape index (κ1) is 14.9. The van der Waals surface area contributed by atoms with Crippen molar-refractivity contribution in [1.29, 1.82) is 0 Å². The van der Waals surface area contributed by atoms with Crippen LogP contribution in [0, 0.1) is 0 Å². The molecule has 6 heteroatoms. The number of carboxylic acids is 1. The molecule has 0 saturated carbocycles. The van der Waals surface area contributed by atoms with Gasteiger partial charge in [-0.3, -0.25) is 9.59 Å². The quantitative estimate of drug-likeness (QED) is 0.396. The second kappa shape index (κ2) is 7.19. The number of carbonyl (C=O) groups excluding carboxylic acids is 1. The number of rotatable bonds is 8. The van der Waals surface area contributed by atoms with E-state index in [9.17, 15) is 9.59 Å². The fourth-order valence-corrected chi connectivity index (χ4v) is 1.33.